The van der Waals surface area contributed by atoms with E-state index in [0.717, 1.165) is 0 Å². The van der Waals surface area contributed by atoms with Gasteiger partial charge in [-0.2, -0.15) is 0 Å². The summed E-state index contributed by atoms with van der Waals surface area (Å²) in [5.41, 5.74) is 0.0552. The molecule has 0 bridgehead atoms. The number of carboxylic acids is 1. The van der Waals surface area contributed by atoms with Gasteiger partial charge in [0.2, 0.25) is 0 Å². The second-order valence-electron chi connectivity index (χ2n) is 3.48. The quantitative estimate of drug-likeness (QED) is 0.734. The lowest BCUT2D eigenvalue weighted by atomic mass is 10.2. The second-order valence-corrected chi connectivity index (χ2v) is 3.92. The number of anilines is 1. The maximum atomic E-state index is 11.5. The van der Waals surface area contributed by atoms with Crippen molar-refractivity contribution in [3.63, 3.8) is 0 Å². The van der Waals surface area contributed by atoms with Crippen LogP contribution in [0.1, 0.15) is 17.3 Å². The van der Waals surface area contributed by atoms with E-state index in [0.29, 0.717) is 5.02 Å². The summed E-state index contributed by atoms with van der Waals surface area (Å²) < 4.78 is 0. The number of nitrogens with one attached hydrogen (secondary N) is 2. The van der Waals surface area contributed by atoms with Gasteiger partial charge in [-0.3, -0.25) is 0 Å². The largest absolute Gasteiger partial charge is 0.478 e. The summed E-state index contributed by atoms with van der Waals surface area (Å²) in [6, 6.07) is 3.04. The Bertz CT molecular complexity index is 523. The first-order chi connectivity index (χ1) is 8.43. The zero-order chi connectivity index (χ0) is 13.7. The first-order valence-corrected chi connectivity index (χ1v) is 5.38. The molecule has 1 unspecified atom stereocenters. The molecule has 1 aromatic rings. The molecule has 3 N–H and O–H groups in total. The molecule has 94 valence electrons. The van der Waals surface area contributed by atoms with Gasteiger partial charge in [0.1, 0.15) is 0 Å². The molecule has 0 saturated heterocycles. The average Bonchev–Trinajstić information content (AvgIpc) is 2.28. The van der Waals surface area contributed by atoms with Crippen molar-refractivity contribution in [2.45, 2.75) is 13.0 Å². The van der Waals surface area contributed by atoms with E-state index in [9.17, 15) is 9.59 Å². The van der Waals surface area contributed by atoms with Crippen LogP contribution in [-0.4, -0.2) is 23.1 Å². The molecular formula is C12H11ClN2O3. The summed E-state index contributed by atoms with van der Waals surface area (Å²) in [6.07, 6.45) is 5.11. The highest BCUT2D eigenvalue weighted by Crippen LogP contribution is 2.21. The van der Waals surface area contributed by atoms with Crippen molar-refractivity contribution in [2.75, 3.05) is 5.32 Å². The van der Waals surface area contributed by atoms with Gasteiger partial charge in [-0.05, 0) is 25.1 Å². The summed E-state index contributed by atoms with van der Waals surface area (Å²) in [6.45, 7) is 1.62. The number of carbonyl (C=O) groups is 2. The van der Waals surface area contributed by atoms with Gasteiger partial charge in [0.25, 0.3) is 0 Å². The van der Waals surface area contributed by atoms with Gasteiger partial charge in [0.15, 0.2) is 0 Å². The fourth-order valence-corrected chi connectivity index (χ4v) is 1.38. The lowest BCUT2D eigenvalue weighted by molar-refractivity contribution is 0.0698. The average molecular weight is 267 g/mol. The summed E-state index contributed by atoms with van der Waals surface area (Å²) >= 11 is 5.74. The van der Waals surface area contributed by atoms with E-state index >= 15 is 0 Å². The lowest BCUT2D eigenvalue weighted by Crippen LogP contribution is -2.35. The van der Waals surface area contributed by atoms with E-state index in [1.54, 1.807) is 6.92 Å². The summed E-state index contributed by atoms with van der Waals surface area (Å²) in [5.74, 6) is 1.16. The van der Waals surface area contributed by atoms with Crippen molar-refractivity contribution < 1.29 is 14.7 Å². The third kappa shape index (κ3) is 3.68. The highest BCUT2D eigenvalue weighted by molar-refractivity contribution is 6.31. The molecule has 0 aliphatic rings. The molecule has 0 fully saturated rings. The SMILES string of the molecule is C#CC(C)NC(=O)Nc1cc(Cl)ccc1C(=O)O. The number of aromatic carboxylic acids is 1. The van der Waals surface area contributed by atoms with Crippen LogP contribution >= 0.6 is 11.6 Å². The Kier molecular flexibility index (Phi) is 4.58. The van der Waals surface area contributed by atoms with Crippen molar-refractivity contribution in [3.05, 3.63) is 28.8 Å². The first-order valence-electron chi connectivity index (χ1n) is 5.00. The number of hydrogen-bond donors (Lipinski definition) is 3. The predicted molar refractivity (Wildman–Crippen MR) is 68.9 cm³/mol. The molecule has 5 nitrogen and oxygen atoms in total. The number of halogens is 1. The molecule has 1 aromatic carbocycles. The molecule has 18 heavy (non-hydrogen) atoms. The molecule has 1 atom stereocenters. The van der Waals surface area contributed by atoms with Crippen molar-refractivity contribution in [1.82, 2.24) is 5.32 Å². The van der Waals surface area contributed by atoms with Gasteiger partial charge >= 0.3 is 12.0 Å². The highest BCUT2D eigenvalue weighted by Gasteiger charge is 2.13. The summed E-state index contributed by atoms with van der Waals surface area (Å²) in [5, 5.41) is 14.1. The first kappa shape index (κ1) is 13.9. The number of carbonyl (C=O) groups excluding carboxylic acids is 1. The minimum absolute atomic E-state index is 0.0529. The molecule has 0 aliphatic carbocycles. The van der Waals surface area contributed by atoms with Gasteiger partial charge in [0.05, 0.1) is 17.3 Å². The zero-order valence-electron chi connectivity index (χ0n) is 9.53. The Balaban J connectivity index is 2.90. The standard InChI is InChI=1S/C12H11ClN2O3/c1-3-7(2)14-12(18)15-10-6-8(13)4-5-9(10)11(16)17/h1,4-7H,2H3,(H,16,17)(H2,14,15,18). The van der Waals surface area contributed by atoms with E-state index in [2.05, 4.69) is 16.6 Å². The highest BCUT2D eigenvalue weighted by atomic mass is 35.5. The zero-order valence-corrected chi connectivity index (χ0v) is 10.3. The maximum absolute atomic E-state index is 11.5. The molecule has 0 aromatic heterocycles. The lowest BCUT2D eigenvalue weighted by Gasteiger charge is -2.11. The Morgan fingerprint density at radius 2 is 2.17 bits per heavy atom. The van der Waals surface area contributed by atoms with E-state index in [-0.39, 0.29) is 11.3 Å². The van der Waals surface area contributed by atoms with Crippen LogP contribution in [0.5, 0.6) is 0 Å². The molecular weight excluding hydrogens is 256 g/mol. The maximum Gasteiger partial charge on any atom is 0.337 e. The monoisotopic (exact) mass is 266 g/mol. The second kappa shape index (κ2) is 5.94. The summed E-state index contributed by atoms with van der Waals surface area (Å²) in [7, 11) is 0. The number of carboxylic acid groups (broad SMARTS) is 1. The van der Waals surface area contributed by atoms with E-state index in [1.807, 2.05) is 0 Å². The van der Waals surface area contributed by atoms with E-state index in [1.165, 1.54) is 18.2 Å². The van der Waals surface area contributed by atoms with Gasteiger partial charge in [-0.1, -0.05) is 17.5 Å². The van der Waals surface area contributed by atoms with Gasteiger partial charge in [-0.15, -0.1) is 6.42 Å². The van der Waals surface area contributed by atoms with Crippen LogP contribution in [0.25, 0.3) is 0 Å². The number of urea groups is 1. The summed E-state index contributed by atoms with van der Waals surface area (Å²) in [4.78, 5) is 22.5. The molecule has 0 saturated carbocycles. The number of hydrogen-bond acceptors (Lipinski definition) is 2. The van der Waals surface area contributed by atoms with Crippen LogP contribution in [0.15, 0.2) is 18.2 Å². The van der Waals surface area contributed by atoms with Crippen molar-refractivity contribution >= 4 is 29.3 Å². The van der Waals surface area contributed by atoms with E-state index in [4.69, 9.17) is 23.1 Å². The number of rotatable bonds is 3. The molecule has 2 amide bonds. The van der Waals surface area contributed by atoms with Crippen LogP contribution in [0, 0.1) is 12.3 Å². The van der Waals surface area contributed by atoms with Crippen LogP contribution in [0.3, 0.4) is 0 Å². The Morgan fingerprint density at radius 3 is 2.72 bits per heavy atom. The number of terminal acetylenes is 1. The fourth-order valence-electron chi connectivity index (χ4n) is 1.20. The van der Waals surface area contributed by atoms with Gasteiger partial charge in [-0.25, -0.2) is 9.59 Å². The fraction of sp³-hybridized carbons (Fsp3) is 0.167. The van der Waals surface area contributed by atoms with Crippen LogP contribution in [-0.2, 0) is 0 Å². The third-order valence-corrected chi connectivity index (χ3v) is 2.29. The Labute approximate surface area is 109 Å². The molecule has 0 spiro atoms. The predicted octanol–water partition coefficient (Wildman–Crippen LogP) is 2.18. The van der Waals surface area contributed by atoms with Crippen LogP contribution in [0.4, 0.5) is 10.5 Å². The molecule has 6 heteroatoms. The van der Waals surface area contributed by atoms with Crippen molar-refractivity contribution in [2.24, 2.45) is 0 Å². The van der Waals surface area contributed by atoms with Gasteiger partial charge in [0, 0.05) is 5.02 Å². The minimum Gasteiger partial charge on any atom is -0.478 e. The van der Waals surface area contributed by atoms with Crippen LogP contribution < -0.4 is 10.6 Å². The number of benzene rings is 1. The molecule has 0 radical (unpaired) electrons. The van der Waals surface area contributed by atoms with Gasteiger partial charge < -0.3 is 15.7 Å². The third-order valence-electron chi connectivity index (χ3n) is 2.06. The Morgan fingerprint density at radius 1 is 1.50 bits per heavy atom. The van der Waals surface area contributed by atoms with E-state index < -0.39 is 18.0 Å². The Hall–Kier alpha value is -2.19. The van der Waals surface area contributed by atoms with Crippen molar-refractivity contribution in [3.8, 4) is 12.3 Å². The molecule has 1 rings (SSSR count). The molecule has 0 aliphatic heterocycles. The number of amides is 2. The topological polar surface area (TPSA) is 78.4 Å². The van der Waals surface area contributed by atoms with Crippen molar-refractivity contribution in [1.29, 1.82) is 0 Å². The normalized spacial score (nSPS) is 11.2. The minimum atomic E-state index is -1.16. The molecule has 0 heterocycles. The van der Waals surface area contributed by atoms with Crippen LogP contribution in [0.2, 0.25) is 5.02 Å². The smallest absolute Gasteiger partial charge is 0.337 e.